The molecule has 6 heteroatoms. The minimum Gasteiger partial charge on any atom is -0.494 e. The molecule has 6 nitrogen and oxygen atoms in total. The Morgan fingerprint density at radius 2 is 1.00 bits per heavy atom. The third kappa shape index (κ3) is 10.5. The van der Waals surface area contributed by atoms with Crippen molar-refractivity contribution in [1.29, 1.82) is 0 Å². The number of hydrogen-bond donors (Lipinski definition) is 0. The van der Waals surface area contributed by atoms with E-state index in [-0.39, 0.29) is 11.7 Å². The molecular weight excluding hydrogens is 516 g/mol. The van der Waals surface area contributed by atoms with Gasteiger partial charge in [-0.3, -0.25) is 4.79 Å². The molecule has 0 aromatic heterocycles. The summed E-state index contributed by atoms with van der Waals surface area (Å²) in [5.41, 5.74) is 1.33. The van der Waals surface area contributed by atoms with Crippen LogP contribution in [0.1, 0.15) is 110 Å². The van der Waals surface area contributed by atoms with Crippen molar-refractivity contribution >= 4 is 17.7 Å². The summed E-state index contributed by atoms with van der Waals surface area (Å²) in [6, 6.07) is 19.7. The molecule has 3 aromatic carbocycles. The van der Waals surface area contributed by atoms with Gasteiger partial charge in [0.1, 0.15) is 17.2 Å². The summed E-state index contributed by atoms with van der Waals surface area (Å²) in [6.45, 7) is 6.96. The van der Waals surface area contributed by atoms with Crippen LogP contribution >= 0.6 is 0 Å². The molecule has 0 bridgehead atoms. The van der Waals surface area contributed by atoms with Crippen molar-refractivity contribution < 1.29 is 28.6 Å². The van der Waals surface area contributed by atoms with Crippen molar-refractivity contribution in [1.82, 2.24) is 0 Å². The summed E-state index contributed by atoms with van der Waals surface area (Å²) in [4.78, 5) is 37.8. The van der Waals surface area contributed by atoms with Crippen LogP contribution < -0.4 is 14.2 Å². The molecule has 0 aliphatic carbocycles. The van der Waals surface area contributed by atoms with Crippen LogP contribution in [0.2, 0.25) is 0 Å². The van der Waals surface area contributed by atoms with Gasteiger partial charge in [-0.05, 0) is 85.6 Å². The first-order chi connectivity index (χ1) is 19.9. The number of Topliss-reactive ketones (excluding diaryl/α,β-unsaturated/α-hetero) is 1. The second-order valence-electron chi connectivity index (χ2n) is 10.4. The third-order valence-electron chi connectivity index (χ3n) is 6.94. The van der Waals surface area contributed by atoms with Gasteiger partial charge in [-0.15, -0.1) is 0 Å². The normalized spacial score (nSPS) is 11.5. The van der Waals surface area contributed by atoms with Crippen molar-refractivity contribution in [3.05, 3.63) is 89.5 Å². The van der Waals surface area contributed by atoms with Crippen molar-refractivity contribution in [2.45, 2.75) is 78.6 Å². The molecule has 218 valence electrons. The summed E-state index contributed by atoms with van der Waals surface area (Å²) >= 11 is 0. The lowest BCUT2D eigenvalue weighted by Crippen LogP contribution is -2.12. The summed E-state index contributed by atoms with van der Waals surface area (Å²) in [5.74, 6) is 0.407. The van der Waals surface area contributed by atoms with Crippen molar-refractivity contribution in [3.8, 4) is 17.2 Å². The largest absolute Gasteiger partial charge is 0.494 e. The second kappa shape index (κ2) is 17.0. The lowest BCUT2D eigenvalue weighted by molar-refractivity contribution is 0.0730. The van der Waals surface area contributed by atoms with Gasteiger partial charge < -0.3 is 14.2 Å². The highest BCUT2D eigenvalue weighted by atomic mass is 16.5. The van der Waals surface area contributed by atoms with Crippen LogP contribution in [0.4, 0.5) is 0 Å². The molecule has 0 saturated carbocycles. The molecule has 0 amide bonds. The Hall–Kier alpha value is -3.93. The Balaban J connectivity index is 1.47. The molecule has 3 rings (SSSR count). The van der Waals surface area contributed by atoms with E-state index in [1.54, 1.807) is 72.8 Å². The highest BCUT2D eigenvalue weighted by Crippen LogP contribution is 2.21. The number of ketones is 1. The topological polar surface area (TPSA) is 78.9 Å². The molecule has 41 heavy (non-hydrogen) atoms. The van der Waals surface area contributed by atoms with Gasteiger partial charge in [0, 0.05) is 11.5 Å². The van der Waals surface area contributed by atoms with E-state index in [2.05, 4.69) is 13.8 Å². The van der Waals surface area contributed by atoms with Gasteiger partial charge in [0.2, 0.25) is 0 Å². The molecule has 0 spiro atoms. The number of esters is 2. The number of ether oxygens (including phenoxy) is 3. The Kier molecular flexibility index (Phi) is 13.1. The Morgan fingerprint density at radius 1 is 0.561 bits per heavy atom. The average molecular weight is 559 g/mol. The predicted octanol–water partition coefficient (Wildman–Crippen LogP) is 8.87. The first kappa shape index (κ1) is 31.6. The van der Waals surface area contributed by atoms with Gasteiger partial charge in [0.05, 0.1) is 17.7 Å². The van der Waals surface area contributed by atoms with Gasteiger partial charge in [-0.2, -0.15) is 0 Å². The van der Waals surface area contributed by atoms with Crippen LogP contribution in [-0.2, 0) is 0 Å². The predicted molar refractivity (Wildman–Crippen MR) is 161 cm³/mol. The Morgan fingerprint density at radius 3 is 1.49 bits per heavy atom. The van der Waals surface area contributed by atoms with E-state index in [1.807, 2.05) is 6.92 Å². The maximum atomic E-state index is 12.7. The van der Waals surface area contributed by atoms with Gasteiger partial charge in [0.15, 0.2) is 5.78 Å². The monoisotopic (exact) mass is 558 g/mol. The molecule has 0 radical (unpaired) electrons. The van der Waals surface area contributed by atoms with Crippen LogP contribution in [0.3, 0.4) is 0 Å². The van der Waals surface area contributed by atoms with Gasteiger partial charge >= 0.3 is 11.9 Å². The van der Waals surface area contributed by atoms with Gasteiger partial charge in [0.25, 0.3) is 0 Å². The molecule has 0 heterocycles. The van der Waals surface area contributed by atoms with E-state index in [9.17, 15) is 14.4 Å². The van der Waals surface area contributed by atoms with E-state index < -0.39 is 11.9 Å². The molecular formula is C35H42O6. The van der Waals surface area contributed by atoms with E-state index in [1.165, 1.54) is 25.7 Å². The fourth-order valence-corrected chi connectivity index (χ4v) is 4.38. The summed E-state index contributed by atoms with van der Waals surface area (Å²) < 4.78 is 16.6. The minimum absolute atomic E-state index is 0.0358. The van der Waals surface area contributed by atoms with Crippen molar-refractivity contribution in [3.63, 3.8) is 0 Å². The van der Waals surface area contributed by atoms with E-state index >= 15 is 0 Å². The molecule has 0 fully saturated rings. The van der Waals surface area contributed by atoms with Crippen LogP contribution in [0.5, 0.6) is 17.2 Å². The highest BCUT2D eigenvalue weighted by molar-refractivity contribution is 5.98. The van der Waals surface area contributed by atoms with Crippen LogP contribution in [0, 0.1) is 5.92 Å². The maximum absolute atomic E-state index is 12.7. The molecule has 1 unspecified atom stereocenters. The first-order valence-electron chi connectivity index (χ1n) is 14.8. The van der Waals surface area contributed by atoms with Crippen LogP contribution in [0.25, 0.3) is 0 Å². The Labute approximate surface area is 244 Å². The average Bonchev–Trinajstić information content (AvgIpc) is 2.99. The van der Waals surface area contributed by atoms with E-state index in [0.717, 1.165) is 37.9 Å². The third-order valence-corrected chi connectivity index (χ3v) is 6.94. The van der Waals surface area contributed by atoms with Crippen molar-refractivity contribution in [2.75, 3.05) is 6.61 Å². The zero-order chi connectivity index (χ0) is 29.5. The molecule has 3 aromatic rings. The quantitative estimate of drug-likeness (QED) is 0.0712. The number of unbranched alkanes of at least 4 members (excludes halogenated alkanes) is 6. The summed E-state index contributed by atoms with van der Waals surface area (Å²) in [5, 5.41) is 0. The SMILES string of the molecule is CCCCCCOc1ccc(C(=O)Oc2ccc(C(=O)Oc3ccc(C(=O)C(C)CCCCCC)cc3)cc2)cc1. The highest BCUT2D eigenvalue weighted by Gasteiger charge is 2.16. The van der Waals surface area contributed by atoms with E-state index in [0.29, 0.717) is 34.8 Å². The number of carbonyl (C=O) groups is 3. The zero-order valence-corrected chi connectivity index (χ0v) is 24.5. The smallest absolute Gasteiger partial charge is 0.343 e. The van der Waals surface area contributed by atoms with Gasteiger partial charge in [-0.1, -0.05) is 65.7 Å². The standard InChI is InChI=1S/C35H42O6/c1-4-6-8-10-12-26(3)33(36)27-13-21-31(22-14-27)40-35(38)29-17-23-32(24-18-29)41-34(37)28-15-19-30(20-16-28)39-25-11-9-7-5-2/h13-24,26H,4-12,25H2,1-3H3. The number of rotatable bonds is 17. The Bertz CT molecular complexity index is 1230. The van der Waals surface area contributed by atoms with Crippen LogP contribution in [-0.4, -0.2) is 24.3 Å². The minimum atomic E-state index is -0.545. The number of hydrogen-bond acceptors (Lipinski definition) is 6. The van der Waals surface area contributed by atoms with Crippen LogP contribution in [0.15, 0.2) is 72.8 Å². The fourth-order valence-electron chi connectivity index (χ4n) is 4.38. The lowest BCUT2D eigenvalue weighted by atomic mass is 9.94. The second-order valence-corrected chi connectivity index (χ2v) is 10.4. The number of benzene rings is 3. The molecule has 1 atom stereocenters. The molecule has 0 N–H and O–H groups in total. The zero-order valence-electron chi connectivity index (χ0n) is 24.5. The molecule has 0 aliphatic rings. The molecule has 0 saturated heterocycles. The van der Waals surface area contributed by atoms with E-state index in [4.69, 9.17) is 14.2 Å². The molecule has 0 aliphatic heterocycles. The number of carbonyl (C=O) groups excluding carboxylic acids is 3. The maximum Gasteiger partial charge on any atom is 0.343 e. The summed E-state index contributed by atoms with van der Waals surface area (Å²) in [6.07, 6.45) is 9.97. The lowest BCUT2D eigenvalue weighted by Gasteiger charge is -2.11. The fraction of sp³-hybridized carbons (Fsp3) is 0.400. The van der Waals surface area contributed by atoms with Gasteiger partial charge in [-0.25, -0.2) is 9.59 Å². The first-order valence-corrected chi connectivity index (χ1v) is 14.8. The summed E-state index contributed by atoms with van der Waals surface area (Å²) in [7, 11) is 0. The van der Waals surface area contributed by atoms with Crippen molar-refractivity contribution in [2.24, 2.45) is 5.92 Å².